The zero-order valence-corrected chi connectivity index (χ0v) is 9.85. The average Bonchev–Trinajstić information content (AvgIpc) is 2.29. The van der Waals surface area contributed by atoms with Gasteiger partial charge >= 0.3 is 0 Å². The normalized spacial score (nSPS) is 10.8. The third-order valence-electron chi connectivity index (χ3n) is 1.97. The Morgan fingerprint density at radius 3 is 2.88 bits per heavy atom. The number of aliphatic hydroxyl groups is 1. The zero-order valence-electron chi connectivity index (χ0n) is 9.85. The second kappa shape index (κ2) is 7.19. The summed E-state index contributed by atoms with van der Waals surface area (Å²) in [6, 6.07) is 1.74. The molecule has 0 bridgehead atoms. The first-order valence-corrected chi connectivity index (χ1v) is 5.48. The van der Waals surface area contributed by atoms with E-state index in [1.165, 1.54) is 0 Å². The predicted octanol–water partition coefficient (Wildman–Crippen LogP) is 1.63. The molecule has 0 aliphatic heterocycles. The second-order valence-electron chi connectivity index (χ2n) is 3.96. The van der Waals surface area contributed by atoms with Crippen LogP contribution in [0.3, 0.4) is 0 Å². The summed E-state index contributed by atoms with van der Waals surface area (Å²) in [4.78, 5) is 3.91. The van der Waals surface area contributed by atoms with Gasteiger partial charge in [-0.1, -0.05) is 13.8 Å². The minimum Gasteiger partial charge on any atom is -0.491 e. The van der Waals surface area contributed by atoms with Gasteiger partial charge in [0.05, 0.1) is 13.2 Å². The van der Waals surface area contributed by atoms with E-state index in [9.17, 15) is 0 Å². The molecule has 16 heavy (non-hydrogen) atoms. The molecule has 1 heterocycles. The fourth-order valence-electron chi connectivity index (χ4n) is 1.20. The molecule has 0 spiro atoms. The molecule has 1 aromatic heterocycles. The van der Waals surface area contributed by atoms with Crippen molar-refractivity contribution >= 4 is 0 Å². The summed E-state index contributed by atoms with van der Waals surface area (Å²) < 4.78 is 10.9. The standard InChI is InChI=1S/C12H19NO3/c1-10(2)9-15-5-6-16-12-3-4-13-7-11(12)8-14/h3-4,7,10,14H,5-6,8-9H2,1-2H3. The Balaban J connectivity index is 2.26. The first-order chi connectivity index (χ1) is 7.74. The lowest BCUT2D eigenvalue weighted by Gasteiger charge is -2.10. The first-order valence-electron chi connectivity index (χ1n) is 5.48. The highest BCUT2D eigenvalue weighted by molar-refractivity contribution is 5.29. The number of aliphatic hydroxyl groups excluding tert-OH is 1. The maximum absolute atomic E-state index is 9.04. The summed E-state index contributed by atoms with van der Waals surface area (Å²) in [7, 11) is 0. The van der Waals surface area contributed by atoms with Gasteiger partial charge in [-0.05, 0) is 12.0 Å². The molecular weight excluding hydrogens is 206 g/mol. The molecule has 4 nitrogen and oxygen atoms in total. The molecular formula is C12H19NO3. The van der Waals surface area contributed by atoms with Crippen molar-refractivity contribution in [1.82, 2.24) is 4.98 Å². The minimum atomic E-state index is -0.0595. The Bertz CT molecular complexity index is 302. The van der Waals surface area contributed by atoms with Crippen molar-refractivity contribution in [2.75, 3.05) is 19.8 Å². The van der Waals surface area contributed by atoms with Crippen molar-refractivity contribution in [2.45, 2.75) is 20.5 Å². The highest BCUT2D eigenvalue weighted by atomic mass is 16.5. The van der Waals surface area contributed by atoms with Crippen LogP contribution in [-0.4, -0.2) is 29.9 Å². The predicted molar refractivity (Wildman–Crippen MR) is 61.3 cm³/mol. The van der Waals surface area contributed by atoms with E-state index in [1.807, 2.05) is 0 Å². The van der Waals surface area contributed by atoms with Crippen LogP contribution in [0.5, 0.6) is 5.75 Å². The molecule has 1 aromatic rings. The molecule has 0 aliphatic rings. The Morgan fingerprint density at radius 1 is 1.38 bits per heavy atom. The zero-order chi connectivity index (χ0) is 11.8. The third kappa shape index (κ3) is 4.59. The van der Waals surface area contributed by atoms with Gasteiger partial charge < -0.3 is 14.6 Å². The Hall–Kier alpha value is -1.13. The van der Waals surface area contributed by atoms with Gasteiger partial charge in [0.15, 0.2) is 0 Å². The highest BCUT2D eigenvalue weighted by Gasteiger charge is 2.01. The summed E-state index contributed by atoms with van der Waals surface area (Å²) in [6.07, 6.45) is 3.24. The van der Waals surface area contributed by atoms with Crippen molar-refractivity contribution in [3.8, 4) is 5.75 Å². The maximum Gasteiger partial charge on any atom is 0.128 e. The molecule has 0 saturated carbocycles. The monoisotopic (exact) mass is 225 g/mol. The van der Waals surface area contributed by atoms with E-state index in [0.717, 1.165) is 6.61 Å². The fraction of sp³-hybridized carbons (Fsp3) is 0.583. The number of pyridine rings is 1. The van der Waals surface area contributed by atoms with Crippen molar-refractivity contribution in [1.29, 1.82) is 0 Å². The Kier molecular flexibility index (Phi) is 5.82. The summed E-state index contributed by atoms with van der Waals surface area (Å²) in [5.74, 6) is 1.21. The van der Waals surface area contributed by atoms with Crippen LogP contribution < -0.4 is 4.74 Å². The van der Waals surface area contributed by atoms with Gasteiger partial charge in [-0.15, -0.1) is 0 Å². The lowest BCUT2D eigenvalue weighted by Crippen LogP contribution is -2.11. The summed E-state index contributed by atoms with van der Waals surface area (Å²) in [5.41, 5.74) is 0.700. The van der Waals surface area contributed by atoms with Crippen LogP contribution in [0, 0.1) is 5.92 Å². The van der Waals surface area contributed by atoms with Crippen molar-refractivity contribution in [2.24, 2.45) is 5.92 Å². The molecule has 4 heteroatoms. The first kappa shape index (κ1) is 12.9. The van der Waals surface area contributed by atoms with E-state index in [1.54, 1.807) is 18.5 Å². The van der Waals surface area contributed by atoms with Crippen molar-refractivity contribution in [3.05, 3.63) is 24.0 Å². The van der Waals surface area contributed by atoms with Gasteiger partial charge in [-0.2, -0.15) is 0 Å². The molecule has 0 fully saturated rings. The molecule has 0 radical (unpaired) electrons. The van der Waals surface area contributed by atoms with Crippen LogP contribution in [0.1, 0.15) is 19.4 Å². The number of hydrogen-bond donors (Lipinski definition) is 1. The maximum atomic E-state index is 9.04. The summed E-state index contributed by atoms with van der Waals surface area (Å²) >= 11 is 0. The lowest BCUT2D eigenvalue weighted by molar-refractivity contribution is 0.0811. The molecule has 0 aromatic carbocycles. The average molecular weight is 225 g/mol. The Labute approximate surface area is 96.2 Å². The van der Waals surface area contributed by atoms with Gasteiger partial charge in [0.1, 0.15) is 12.4 Å². The van der Waals surface area contributed by atoms with E-state index >= 15 is 0 Å². The molecule has 0 unspecified atom stereocenters. The largest absolute Gasteiger partial charge is 0.491 e. The minimum absolute atomic E-state index is 0.0595. The van der Waals surface area contributed by atoms with E-state index in [2.05, 4.69) is 18.8 Å². The lowest BCUT2D eigenvalue weighted by atomic mass is 10.2. The third-order valence-corrected chi connectivity index (χ3v) is 1.97. The molecule has 1 rings (SSSR count). The summed E-state index contributed by atoms with van der Waals surface area (Å²) in [5, 5.41) is 9.04. The van der Waals surface area contributed by atoms with Gasteiger partial charge in [0.25, 0.3) is 0 Å². The van der Waals surface area contributed by atoms with E-state index < -0.39 is 0 Å². The van der Waals surface area contributed by atoms with Crippen LogP contribution in [0.2, 0.25) is 0 Å². The number of aromatic nitrogens is 1. The number of hydrogen-bond acceptors (Lipinski definition) is 4. The van der Waals surface area contributed by atoms with Crippen molar-refractivity contribution < 1.29 is 14.6 Å². The van der Waals surface area contributed by atoms with E-state index in [-0.39, 0.29) is 6.61 Å². The SMILES string of the molecule is CC(C)COCCOc1ccncc1CO. The van der Waals surface area contributed by atoms with E-state index in [4.69, 9.17) is 14.6 Å². The van der Waals surface area contributed by atoms with Gasteiger partial charge in [0.2, 0.25) is 0 Å². The topological polar surface area (TPSA) is 51.6 Å². The molecule has 0 amide bonds. The number of rotatable bonds is 7. The quantitative estimate of drug-likeness (QED) is 0.716. The summed E-state index contributed by atoms with van der Waals surface area (Å²) in [6.45, 7) is 5.94. The smallest absolute Gasteiger partial charge is 0.128 e. The van der Waals surface area contributed by atoms with Gasteiger partial charge in [0, 0.05) is 24.6 Å². The Morgan fingerprint density at radius 2 is 2.19 bits per heavy atom. The fourth-order valence-corrected chi connectivity index (χ4v) is 1.20. The number of ether oxygens (including phenoxy) is 2. The molecule has 0 saturated heterocycles. The molecule has 0 atom stereocenters. The molecule has 90 valence electrons. The second-order valence-corrected chi connectivity index (χ2v) is 3.96. The van der Waals surface area contributed by atoms with Gasteiger partial charge in [-0.25, -0.2) is 0 Å². The molecule has 1 N–H and O–H groups in total. The van der Waals surface area contributed by atoms with Crippen LogP contribution in [0.4, 0.5) is 0 Å². The van der Waals surface area contributed by atoms with E-state index in [0.29, 0.717) is 30.4 Å². The highest BCUT2D eigenvalue weighted by Crippen LogP contribution is 2.15. The van der Waals surface area contributed by atoms with Crippen LogP contribution in [0.25, 0.3) is 0 Å². The number of nitrogens with zero attached hydrogens (tertiary/aromatic N) is 1. The van der Waals surface area contributed by atoms with Gasteiger partial charge in [-0.3, -0.25) is 4.98 Å². The van der Waals surface area contributed by atoms with Crippen LogP contribution in [-0.2, 0) is 11.3 Å². The van der Waals surface area contributed by atoms with Crippen molar-refractivity contribution in [3.63, 3.8) is 0 Å². The van der Waals surface area contributed by atoms with Crippen LogP contribution >= 0.6 is 0 Å². The molecule has 0 aliphatic carbocycles. The van der Waals surface area contributed by atoms with Crippen LogP contribution in [0.15, 0.2) is 18.5 Å².